The van der Waals surface area contributed by atoms with Crippen molar-refractivity contribution >= 4 is 10.8 Å². The predicted molar refractivity (Wildman–Crippen MR) is 147 cm³/mol. The molecule has 1 unspecified atom stereocenters. The standard InChI is InChI=1S/C33H37NO2/c1-4-5-6-7-10-24-20-30(35)32-29(22-33(2,3)36-31(32)21-24)27-15-17-34(18-16-27)23-25-13-14-26-11-8-9-12-28(26)19-25/h8-9,11-21,29H,4-7,10,22-23H2,1-3H3/p+1. The molecular weight excluding hydrogens is 442 g/mol. The summed E-state index contributed by atoms with van der Waals surface area (Å²) in [4.78, 5) is 0. The molecule has 0 radical (unpaired) electrons. The molecule has 1 atom stereocenters. The Morgan fingerprint density at radius 3 is 2.44 bits per heavy atom. The minimum absolute atomic E-state index is 0.105. The summed E-state index contributed by atoms with van der Waals surface area (Å²) in [6.07, 6.45) is 11.0. The molecule has 3 heteroatoms. The molecule has 0 saturated heterocycles. The van der Waals surface area contributed by atoms with Crippen LogP contribution in [0.25, 0.3) is 10.8 Å². The van der Waals surface area contributed by atoms with Crippen molar-refractivity contribution in [3.8, 4) is 11.5 Å². The lowest BCUT2D eigenvalue weighted by Gasteiger charge is -2.38. The summed E-state index contributed by atoms with van der Waals surface area (Å²) in [5.41, 5.74) is 4.31. The van der Waals surface area contributed by atoms with Gasteiger partial charge in [-0.2, -0.15) is 0 Å². The highest BCUT2D eigenvalue weighted by Crippen LogP contribution is 2.48. The first kappa shape index (κ1) is 24.4. The van der Waals surface area contributed by atoms with Gasteiger partial charge in [-0.15, -0.1) is 0 Å². The van der Waals surface area contributed by atoms with Gasteiger partial charge in [-0.25, -0.2) is 4.57 Å². The van der Waals surface area contributed by atoms with Crippen molar-refractivity contribution in [2.45, 2.75) is 77.4 Å². The lowest BCUT2D eigenvalue weighted by atomic mass is 9.79. The Hall–Kier alpha value is -3.33. The maximum absolute atomic E-state index is 11.1. The molecule has 3 aromatic carbocycles. The molecule has 186 valence electrons. The van der Waals surface area contributed by atoms with E-state index in [0.29, 0.717) is 5.75 Å². The summed E-state index contributed by atoms with van der Waals surface area (Å²) in [7, 11) is 0. The molecule has 1 aliphatic rings. The Balaban J connectivity index is 1.38. The quantitative estimate of drug-likeness (QED) is 0.207. The van der Waals surface area contributed by atoms with Gasteiger partial charge in [0.2, 0.25) is 0 Å². The van der Waals surface area contributed by atoms with Gasteiger partial charge in [-0.3, -0.25) is 0 Å². The Bertz CT molecular complexity index is 1340. The van der Waals surface area contributed by atoms with Gasteiger partial charge in [-0.05, 0) is 73.2 Å². The second-order valence-corrected chi connectivity index (χ2v) is 10.9. The van der Waals surface area contributed by atoms with Crippen LogP contribution in [0.4, 0.5) is 0 Å². The number of pyridine rings is 1. The van der Waals surface area contributed by atoms with Crippen LogP contribution in [0.1, 0.15) is 81.0 Å². The van der Waals surface area contributed by atoms with Crippen LogP contribution >= 0.6 is 0 Å². The molecule has 2 heterocycles. The van der Waals surface area contributed by atoms with Crippen molar-refractivity contribution in [2.24, 2.45) is 0 Å². The number of aryl methyl sites for hydroxylation is 1. The number of phenolic OH excluding ortho intramolecular Hbond substituents is 1. The average Bonchev–Trinajstić information content (AvgIpc) is 2.86. The van der Waals surface area contributed by atoms with Crippen LogP contribution in [0.5, 0.6) is 11.5 Å². The highest BCUT2D eigenvalue weighted by Gasteiger charge is 2.37. The minimum Gasteiger partial charge on any atom is -0.507 e. The lowest BCUT2D eigenvalue weighted by Crippen LogP contribution is -2.36. The molecule has 5 rings (SSSR count). The zero-order valence-electron chi connectivity index (χ0n) is 21.8. The number of rotatable bonds is 8. The van der Waals surface area contributed by atoms with Gasteiger partial charge >= 0.3 is 0 Å². The molecule has 0 aliphatic carbocycles. The maximum Gasteiger partial charge on any atom is 0.173 e. The summed E-state index contributed by atoms with van der Waals surface area (Å²) in [6.45, 7) is 7.36. The van der Waals surface area contributed by atoms with E-state index in [-0.39, 0.29) is 11.5 Å². The third-order valence-electron chi connectivity index (χ3n) is 7.43. The van der Waals surface area contributed by atoms with Crippen LogP contribution in [-0.4, -0.2) is 10.7 Å². The first-order valence-electron chi connectivity index (χ1n) is 13.4. The van der Waals surface area contributed by atoms with Crippen molar-refractivity contribution in [3.63, 3.8) is 0 Å². The van der Waals surface area contributed by atoms with Crippen molar-refractivity contribution in [2.75, 3.05) is 0 Å². The molecule has 0 fully saturated rings. The first-order valence-corrected chi connectivity index (χ1v) is 13.4. The average molecular weight is 481 g/mol. The topological polar surface area (TPSA) is 33.3 Å². The predicted octanol–water partition coefficient (Wildman–Crippen LogP) is 7.70. The SMILES string of the molecule is CCCCCCc1cc(O)c2c(c1)OC(C)(C)CC2c1cc[n+](Cc2ccc3ccccc3c2)cc1. The van der Waals surface area contributed by atoms with E-state index in [1.165, 1.54) is 46.7 Å². The second-order valence-electron chi connectivity index (χ2n) is 10.9. The number of fused-ring (bicyclic) bond motifs is 2. The van der Waals surface area contributed by atoms with Crippen LogP contribution in [0.2, 0.25) is 0 Å². The Labute approximate surface area is 215 Å². The molecule has 3 nitrogen and oxygen atoms in total. The van der Waals surface area contributed by atoms with Crippen LogP contribution in [0.15, 0.2) is 79.1 Å². The maximum atomic E-state index is 11.1. The molecule has 0 saturated carbocycles. The van der Waals surface area contributed by atoms with E-state index >= 15 is 0 Å². The number of benzene rings is 3. The molecule has 1 aromatic heterocycles. The van der Waals surface area contributed by atoms with Gasteiger partial charge in [0.15, 0.2) is 18.9 Å². The smallest absolute Gasteiger partial charge is 0.173 e. The molecule has 0 spiro atoms. The minimum atomic E-state index is -0.290. The van der Waals surface area contributed by atoms with E-state index in [2.05, 4.69) is 98.4 Å². The third-order valence-corrected chi connectivity index (χ3v) is 7.43. The molecular formula is C33H38NO2+. The van der Waals surface area contributed by atoms with Gasteiger partial charge in [0.05, 0.1) is 0 Å². The Morgan fingerprint density at radius 2 is 1.67 bits per heavy atom. The number of nitrogens with zero attached hydrogens (tertiary/aromatic N) is 1. The van der Waals surface area contributed by atoms with Crippen molar-refractivity contribution in [1.29, 1.82) is 0 Å². The Kier molecular flexibility index (Phi) is 7.00. The van der Waals surface area contributed by atoms with Gasteiger partial charge in [-0.1, -0.05) is 62.6 Å². The fraction of sp³-hybridized carbons (Fsp3) is 0.364. The molecule has 0 amide bonds. The zero-order valence-corrected chi connectivity index (χ0v) is 21.8. The van der Waals surface area contributed by atoms with Gasteiger partial charge in [0.25, 0.3) is 0 Å². The van der Waals surface area contributed by atoms with E-state index in [1.807, 2.05) is 6.07 Å². The molecule has 1 aliphatic heterocycles. The van der Waals surface area contributed by atoms with Gasteiger partial charge < -0.3 is 9.84 Å². The normalized spacial score (nSPS) is 16.5. The highest BCUT2D eigenvalue weighted by molar-refractivity contribution is 5.82. The van der Waals surface area contributed by atoms with Crippen LogP contribution in [0, 0.1) is 0 Å². The fourth-order valence-corrected chi connectivity index (χ4v) is 5.57. The lowest BCUT2D eigenvalue weighted by molar-refractivity contribution is -0.688. The summed E-state index contributed by atoms with van der Waals surface area (Å²) in [6, 6.07) is 23.7. The molecule has 0 bridgehead atoms. The van der Waals surface area contributed by atoms with Crippen molar-refractivity contribution in [3.05, 3.63) is 101 Å². The summed E-state index contributed by atoms with van der Waals surface area (Å²) in [5.74, 6) is 1.31. The van der Waals surface area contributed by atoms with E-state index in [1.54, 1.807) is 0 Å². The fourth-order valence-electron chi connectivity index (χ4n) is 5.57. The van der Waals surface area contributed by atoms with E-state index in [0.717, 1.165) is 37.1 Å². The highest BCUT2D eigenvalue weighted by atomic mass is 16.5. The van der Waals surface area contributed by atoms with E-state index in [9.17, 15) is 5.11 Å². The number of phenols is 1. The van der Waals surface area contributed by atoms with Gasteiger partial charge in [0.1, 0.15) is 17.1 Å². The van der Waals surface area contributed by atoms with E-state index < -0.39 is 0 Å². The van der Waals surface area contributed by atoms with Crippen molar-refractivity contribution in [1.82, 2.24) is 0 Å². The summed E-state index contributed by atoms with van der Waals surface area (Å²) in [5, 5.41) is 13.6. The number of hydrogen-bond donors (Lipinski definition) is 1. The second kappa shape index (κ2) is 10.3. The van der Waals surface area contributed by atoms with Crippen LogP contribution in [0.3, 0.4) is 0 Å². The zero-order chi connectivity index (χ0) is 25.1. The van der Waals surface area contributed by atoms with Crippen LogP contribution < -0.4 is 9.30 Å². The van der Waals surface area contributed by atoms with Gasteiger partial charge in [0, 0.05) is 29.2 Å². The largest absolute Gasteiger partial charge is 0.507 e. The number of unbranched alkanes of at least 4 members (excludes halogenated alkanes) is 3. The summed E-state index contributed by atoms with van der Waals surface area (Å²) < 4.78 is 8.61. The number of aromatic nitrogens is 1. The monoisotopic (exact) mass is 480 g/mol. The molecule has 36 heavy (non-hydrogen) atoms. The molecule has 4 aromatic rings. The number of ether oxygens (including phenoxy) is 1. The first-order chi connectivity index (χ1) is 17.4. The number of aromatic hydroxyl groups is 1. The summed E-state index contributed by atoms with van der Waals surface area (Å²) >= 11 is 0. The van der Waals surface area contributed by atoms with E-state index in [4.69, 9.17) is 4.74 Å². The Morgan fingerprint density at radius 1 is 0.889 bits per heavy atom. The van der Waals surface area contributed by atoms with Crippen LogP contribution in [-0.2, 0) is 13.0 Å². The third kappa shape index (κ3) is 5.41. The van der Waals surface area contributed by atoms with Crippen molar-refractivity contribution < 1.29 is 14.4 Å². The molecule has 1 N–H and O–H groups in total. The number of hydrogen-bond acceptors (Lipinski definition) is 2.